The molecule has 0 amide bonds. The largest absolute Gasteiger partial charge is 0.555 e. The van der Waals surface area contributed by atoms with Crippen LogP contribution in [0.25, 0.3) is 0 Å². The Morgan fingerprint density at radius 3 is 1.61 bits per heavy atom. The summed E-state index contributed by atoms with van der Waals surface area (Å²) < 4.78 is 25.9. The van der Waals surface area contributed by atoms with Gasteiger partial charge in [0.15, 0.2) is 7.14 Å². The lowest BCUT2D eigenvalue weighted by Crippen LogP contribution is -2.65. The predicted octanol–water partition coefficient (Wildman–Crippen LogP) is 1.89. The van der Waals surface area contributed by atoms with Gasteiger partial charge in [0.2, 0.25) is 0 Å². The minimum atomic E-state index is -2.72. The second-order valence-corrected chi connectivity index (χ2v) is 10.4. The Bertz CT molecular complexity index is 900. The number of hydrogen-bond donors (Lipinski definition) is 2. The van der Waals surface area contributed by atoms with Crippen LogP contribution >= 0.6 is 7.14 Å². The van der Waals surface area contributed by atoms with E-state index < -0.39 is 13.7 Å². The van der Waals surface area contributed by atoms with Gasteiger partial charge in [-0.3, -0.25) is 0 Å². The summed E-state index contributed by atoms with van der Waals surface area (Å²) in [4.78, 5) is 0. The molecule has 1 fully saturated rings. The molecular formula is C24H31BNO4P. The highest BCUT2D eigenvalue weighted by Gasteiger charge is 2.40. The molecule has 3 aromatic carbocycles. The second kappa shape index (κ2) is 11.4. The highest BCUT2D eigenvalue weighted by molar-refractivity contribution is 7.71. The van der Waals surface area contributed by atoms with E-state index >= 15 is 0 Å². The molecule has 0 saturated carbocycles. The van der Waals surface area contributed by atoms with Crippen LogP contribution in [-0.2, 0) is 13.9 Å². The molecule has 1 aliphatic rings. The first-order chi connectivity index (χ1) is 15.1. The lowest BCUT2D eigenvalue weighted by molar-refractivity contribution is -0.368. The highest BCUT2D eigenvalue weighted by atomic mass is 31.2. The van der Waals surface area contributed by atoms with Gasteiger partial charge >= 0.3 is 0 Å². The maximum Gasteiger partial charge on any atom is 0.299 e. The normalized spacial score (nSPS) is 16.7. The molecule has 1 saturated heterocycles. The van der Waals surface area contributed by atoms with Crippen LogP contribution in [-0.4, -0.2) is 37.5 Å². The lowest BCUT2D eigenvalue weighted by Gasteiger charge is -2.48. The molecule has 5 nitrogen and oxygen atoms in total. The average molecular weight is 439 g/mol. The average Bonchev–Trinajstić information content (AvgIpc) is 2.85. The van der Waals surface area contributed by atoms with Gasteiger partial charge in [0, 0.05) is 11.9 Å². The molecule has 0 aliphatic carbocycles. The predicted molar refractivity (Wildman–Crippen MR) is 128 cm³/mol. The molecule has 0 atom stereocenters. The van der Waals surface area contributed by atoms with E-state index in [0.717, 1.165) is 35.6 Å². The summed E-state index contributed by atoms with van der Waals surface area (Å²) in [6.07, 6.45) is 2.32. The van der Waals surface area contributed by atoms with Crippen LogP contribution in [0.1, 0.15) is 12.8 Å². The minimum Gasteiger partial charge on any atom is -0.555 e. The van der Waals surface area contributed by atoms with Gasteiger partial charge < -0.3 is 24.7 Å². The van der Waals surface area contributed by atoms with Crippen molar-refractivity contribution in [2.24, 2.45) is 0 Å². The Morgan fingerprint density at radius 2 is 1.23 bits per heavy atom. The van der Waals surface area contributed by atoms with Crippen molar-refractivity contribution in [1.29, 1.82) is 0 Å². The van der Waals surface area contributed by atoms with E-state index in [0.29, 0.717) is 6.61 Å². The number of aliphatic hydroxyl groups is 1. The molecule has 164 valence electrons. The number of aliphatic hydroxyl groups excluding tert-OH is 1. The molecule has 4 N–H and O–H groups in total. The smallest absolute Gasteiger partial charge is 0.299 e. The first kappa shape index (κ1) is 23.5. The van der Waals surface area contributed by atoms with Gasteiger partial charge in [0.1, 0.15) is 0 Å². The minimum absolute atomic E-state index is 0.181. The monoisotopic (exact) mass is 439 g/mol. The van der Waals surface area contributed by atoms with Crippen LogP contribution in [0.15, 0.2) is 91.0 Å². The number of benzene rings is 3. The molecule has 0 bridgehead atoms. The zero-order valence-corrected chi connectivity index (χ0v) is 18.7. The summed E-state index contributed by atoms with van der Waals surface area (Å²) in [6.45, 7) is -0.575. The van der Waals surface area contributed by atoms with Crippen LogP contribution in [0.2, 0.25) is 0 Å². The van der Waals surface area contributed by atoms with Crippen molar-refractivity contribution in [2.75, 3.05) is 25.8 Å². The van der Waals surface area contributed by atoms with E-state index in [4.69, 9.17) is 14.4 Å². The molecule has 0 aromatic heterocycles. The summed E-state index contributed by atoms with van der Waals surface area (Å²) in [6, 6.07) is 29.3. The van der Waals surface area contributed by atoms with Crippen molar-refractivity contribution in [3.05, 3.63) is 91.0 Å². The molecule has 1 aliphatic heterocycles. The van der Waals surface area contributed by atoms with E-state index in [2.05, 4.69) is 5.73 Å². The van der Waals surface area contributed by atoms with Crippen LogP contribution in [0, 0.1) is 0 Å². The Kier molecular flexibility index (Phi) is 8.64. The molecule has 0 radical (unpaired) electrons. The molecule has 7 heteroatoms. The quantitative estimate of drug-likeness (QED) is 0.349. The van der Waals surface area contributed by atoms with Crippen molar-refractivity contribution in [2.45, 2.75) is 12.8 Å². The summed E-state index contributed by atoms with van der Waals surface area (Å²) in [5.74, 6) is 0. The van der Waals surface area contributed by atoms with Crippen molar-refractivity contribution in [3.8, 4) is 0 Å². The van der Waals surface area contributed by atoms with Crippen LogP contribution in [0.5, 0.6) is 0 Å². The number of unbranched alkanes of at least 4 members (excludes halogenated alkanes) is 1. The van der Waals surface area contributed by atoms with Gasteiger partial charge in [-0.05, 0) is 12.8 Å². The zero-order chi connectivity index (χ0) is 22.0. The molecular weight excluding hydrogens is 408 g/mol. The first-order valence-electron chi connectivity index (χ1n) is 10.7. The fraction of sp³-hybridized carbons (Fsp3) is 0.250. The van der Waals surface area contributed by atoms with Crippen LogP contribution in [0.3, 0.4) is 0 Å². The Labute approximate surface area is 184 Å². The summed E-state index contributed by atoms with van der Waals surface area (Å²) in [5.41, 5.74) is 5.54. The fourth-order valence-corrected chi connectivity index (χ4v) is 5.65. The number of hydrogen-bond acceptors (Lipinski definition) is 4. The molecule has 3 aromatic rings. The van der Waals surface area contributed by atoms with Crippen LogP contribution < -0.4 is 22.0 Å². The van der Waals surface area contributed by atoms with E-state index in [9.17, 15) is 4.57 Å². The summed E-state index contributed by atoms with van der Waals surface area (Å²) in [5, 5.41) is 8.98. The van der Waals surface area contributed by atoms with E-state index in [1.165, 1.54) is 0 Å². The Hall–Kier alpha value is -2.21. The van der Waals surface area contributed by atoms with Gasteiger partial charge in [-0.15, -0.1) is 10.9 Å². The summed E-state index contributed by atoms with van der Waals surface area (Å²) in [7, 11) is -2.72. The van der Waals surface area contributed by atoms with Crippen molar-refractivity contribution in [1.82, 2.24) is 0 Å². The van der Waals surface area contributed by atoms with Crippen molar-refractivity contribution >= 4 is 29.9 Å². The maximum atomic E-state index is 13.3. The molecule has 1 heterocycles. The van der Waals surface area contributed by atoms with Gasteiger partial charge in [-0.1, -0.05) is 91.0 Å². The topological polar surface area (TPSA) is 83.4 Å². The lowest BCUT2D eigenvalue weighted by atomic mass is 9.46. The van der Waals surface area contributed by atoms with E-state index in [1.807, 2.05) is 91.0 Å². The third-order valence-electron chi connectivity index (χ3n) is 5.40. The number of rotatable bonds is 6. The molecule has 0 unspecified atom stereocenters. The summed E-state index contributed by atoms with van der Waals surface area (Å²) >= 11 is 0. The van der Waals surface area contributed by atoms with Crippen LogP contribution in [0.4, 0.5) is 0 Å². The van der Waals surface area contributed by atoms with E-state index in [1.54, 1.807) is 0 Å². The zero-order valence-electron chi connectivity index (χ0n) is 17.8. The van der Waals surface area contributed by atoms with Gasteiger partial charge in [0.25, 0.3) is 6.55 Å². The molecule has 4 rings (SSSR count). The highest BCUT2D eigenvalue weighted by Crippen LogP contribution is 2.48. The second-order valence-electron chi connectivity index (χ2n) is 7.63. The first-order valence-corrected chi connectivity index (χ1v) is 12.8. The Morgan fingerprint density at radius 1 is 0.774 bits per heavy atom. The fourth-order valence-electron chi connectivity index (χ4n) is 3.66. The Balaban J connectivity index is 0.000000401. The SMILES string of the molecule is O=P1(c2ccccc2)CO[B-](c2ccccc2)(c2ccccc2)OC1.[NH3+]CCCCO. The van der Waals surface area contributed by atoms with Gasteiger partial charge in [-0.2, -0.15) is 0 Å². The third-order valence-corrected chi connectivity index (χ3v) is 7.77. The molecule has 31 heavy (non-hydrogen) atoms. The third kappa shape index (κ3) is 5.73. The van der Waals surface area contributed by atoms with E-state index in [-0.39, 0.29) is 12.7 Å². The maximum absolute atomic E-state index is 13.3. The van der Waals surface area contributed by atoms with Gasteiger partial charge in [0.05, 0.1) is 19.2 Å². The van der Waals surface area contributed by atoms with Crippen molar-refractivity contribution in [3.63, 3.8) is 0 Å². The van der Waals surface area contributed by atoms with Gasteiger partial charge in [-0.25, -0.2) is 0 Å². The van der Waals surface area contributed by atoms with Crippen molar-refractivity contribution < 1.29 is 24.7 Å². The molecule has 0 spiro atoms. The number of quaternary nitrogens is 1. The standard InChI is InChI=1S/C20H19BO3P.C4H11NO/c22-25(20-14-8-3-9-15-20)16-23-21(24-17-25,18-10-4-1-5-11-18)19-12-6-2-7-13-19;5-3-1-2-4-6/h1-15H,16-17H2;6H,1-5H2/q-1;/p+1.